The monoisotopic (exact) mass is 415 g/mol. The van der Waals surface area contributed by atoms with Crippen molar-refractivity contribution in [3.63, 3.8) is 0 Å². The third-order valence-corrected chi connectivity index (χ3v) is 5.74. The molecule has 0 aliphatic carbocycles. The highest BCUT2D eigenvalue weighted by molar-refractivity contribution is 7.85. The minimum absolute atomic E-state index is 0.201. The second kappa shape index (κ2) is 19.7. The molecule has 0 aromatic heterocycles. The predicted octanol–water partition coefficient (Wildman–Crippen LogP) is 6.40. The molecule has 1 N–H and O–H groups in total. The lowest BCUT2D eigenvalue weighted by Crippen LogP contribution is -2.30. The van der Waals surface area contributed by atoms with E-state index >= 15 is 0 Å². The van der Waals surface area contributed by atoms with Crippen molar-refractivity contribution < 1.29 is 13.0 Å². The first-order valence-corrected chi connectivity index (χ1v) is 13.0. The van der Waals surface area contributed by atoms with Crippen molar-refractivity contribution in [3.05, 3.63) is 24.8 Å². The summed E-state index contributed by atoms with van der Waals surface area (Å²) in [6.07, 6.45) is 24.5. The molecule has 0 atom stereocenters. The fourth-order valence-corrected chi connectivity index (χ4v) is 3.79. The molecule has 0 radical (unpaired) electrons. The highest BCUT2D eigenvalue weighted by atomic mass is 32.2. The van der Waals surface area contributed by atoms with Gasteiger partial charge in [0, 0.05) is 13.1 Å². The van der Waals surface area contributed by atoms with Crippen molar-refractivity contribution >= 4 is 10.1 Å². The zero-order valence-electron chi connectivity index (χ0n) is 18.3. The SMILES string of the molecule is C=CCN(CCCCCCCCC=CCCCCCCCC)CCS(=O)(=O)O. The van der Waals surface area contributed by atoms with Gasteiger partial charge in [0.05, 0.1) is 5.75 Å². The van der Waals surface area contributed by atoms with Gasteiger partial charge in [-0.15, -0.1) is 6.58 Å². The Morgan fingerprint density at radius 2 is 1.29 bits per heavy atom. The summed E-state index contributed by atoms with van der Waals surface area (Å²) < 4.78 is 30.6. The normalized spacial score (nSPS) is 12.2. The van der Waals surface area contributed by atoms with Crippen LogP contribution in [0.3, 0.4) is 0 Å². The molecular weight excluding hydrogens is 370 g/mol. The van der Waals surface area contributed by atoms with Crippen LogP contribution in [0.2, 0.25) is 0 Å². The Labute approximate surface area is 175 Å². The third-order valence-electron chi connectivity index (χ3n) is 5.04. The van der Waals surface area contributed by atoms with E-state index in [2.05, 4.69) is 25.7 Å². The van der Waals surface area contributed by atoms with E-state index in [0.29, 0.717) is 13.1 Å². The molecule has 0 fully saturated rings. The molecule has 0 amide bonds. The number of allylic oxidation sites excluding steroid dienone is 2. The van der Waals surface area contributed by atoms with Crippen LogP contribution in [0.5, 0.6) is 0 Å². The van der Waals surface area contributed by atoms with Gasteiger partial charge >= 0.3 is 0 Å². The molecule has 166 valence electrons. The number of hydrogen-bond acceptors (Lipinski definition) is 3. The van der Waals surface area contributed by atoms with E-state index in [1.165, 1.54) is 83.5 Å². The number of unbranched alkanes of at least 4 members (excludes halogenated alkanes) is 12. The van der Waals surface area contributed by atoms with Crippen molar-refractivity contribution in [2.24, 2.45) is 0 Å². The Bertz CT molecular complexity index is 474. The zero-order valence-corrected chi connectivity index (χ0v) is 19.1. The van der Waals surface area contributed by atoms with Gasteiger partial charge < -0.3 is 0 Å². The third kappa shape index (κ3) is 21.6. The fraction of sp³-hybridized carbons (Fsp3) is 0.826. The van der Waals surface area contributed by atoms with E-state index < -0.39 is 10.1 Å². The molecule has 4 nitrogen and oxygen atoms in total. The van der Waals surface area contributed by atoms with E-state index in [9.17, 15) is 8.42 Å². The average molecular weight is 416 g/mol. The highest BCUT2D eigenvalue weighted by Crippen LogP contribution is 2.10. The molecule has 28 heavy (non-hydrogen) atoms. The molecule has 0 heterocycles. The molecule has 0 unspecified atom stereocenters. The topological polar surface area (TPSA) is 57.6 Å². The largest absolute Gasteiger partial charge is 0.299 e. The van der Waals surface area contributed by atoms with Crippen LogP contribution in [0.15, 0.2) is 24.8 Å². The van der Waals surface area contributed by atoms with Gasteiger partial charge in [-0.25, -0.2) is 0 Å². The van der Waals surface area contributed by atoms with Crippen molar-refractivity contribution in [1.29, 1.82) is 0 Å². The molecule has 0 aromatic rings. The van der Waals surface area contributed by atoms with Gasteiger partial charge in [0.25, 0.3) is 10.1 Å². The van der Waals surface area contributed by atoms with Gasteiger partial charge in [-0.3, -0.25) is 9.45 Å². The Balaban J connectivity index is 3.45. The smallest absolute Gasteiger partial charge is 0.266 e. The first-order chi connectivity index (χ1) is 13.5. The van der Waals surface area contributed by atoms with E-state index in [0.717, 1.165) is 13.0 Å². The molecule has 0 aliphatic heterocycles. The minimum atomic E-state index is -3.88. The molecule has 0 saturated carbocycles. The minimum Gasteiger partial charge on any atom is -0.299 e. The number of hydrogen-bond donors (Lipinski definition) is 1. The molecule has 0 aromatic carbocycles. The van der Waals surface area contributed by atoms with Crippen molar-refractivity contribution in [1.82, 2.24) is 4.90 Å². The van der Waals surface area contributed by atoms with E-state index in [1.807, 2.05) is 4.90 Å². The van der Waals surface area contributed by atoms with Gasteiger partial charge in [-0.2, -0.15) is 8.42 Å². The maximum atomic E-state index is 10.9. The van der Waals surface area contributed by atoms with Crippen molar-refractivity contribution in [3.8, 4) is 0 Å². The molecule has 5 heteroatoms. The van der Waals surface area contributed by atoms with Gasteiger partial charge in [0.2, 0.25) is 0 Å². The van der Waals surface area contributed by atoms with Gasteiger partial charge in [-0.05, 0) is 38.6 Å². The van der Waals surface area contributed by atoms with Crippen LogP contribution in [0.1, 0.15) is 96.8 Å². The maximum absolute atomic E-state index is 10.9. The van der Waals surface area contributed by atoms with Crippen LogP contribution in [-0.2, 0) is 10.1 Å². The van der Waals surface area contributed by atoms with E-state index in [1.54, 1.807) is 6.08 Å². The first kappa shape index (κ1) is 27.4. The highest BCUT2D eigenvalue weighted by Gasteiger charge is 2.09. The van der Waals surface area contributed by atoms with Gasteiger partial charge in [-0.1, -0.05) is 82.9 Å². The zero-order chi connectivity index (χ0) is 20.9. The van der Waals surface area contributed by atoms with Crippen LogP contribution in [0.4, 0.5) is 0 Å². The standard InChI is InChI=1S/C23H45NO3S/c1-3-5-6-7-8-9-10-11-12-13-14-15-16-17-18-19-21-24(20-4-2)22-23-28(25,26)27/h4,11-12H,2-3,5-10,13-23H2,1H3,(H,25,26,27). The Kier molecular flexibility index (Phi) is 19.2. The van der Waals surface area contributed by atoms with Crippen LogP contribution in [0, 0.1) is 0 Å². The molecule has 0 aliphatic rings. The molecular formula is C23H45NO3S. The summed E-state index contributed by atoms with van der Waals surface area (Å²) >= 11 is 0. The quantitative estimate of drug-likeness (QED) is 0.134. The van der Waals surface area contributed by atoms with Crippen LogP contribution >= 0.6 is 0 Å². The van der Waals surface area contributed by atoms with Gasteiger partial charge in [0.1, 0.15) is 0 Å². The average Bonchev–Trinajstić information content (AvgIpc) is 2.65. The summed E-state index contributed by atoms with van der Waals surface area (Å²) in [4.78, 5) is 2.04. The summed E-state index contributed by atoms with van der Waals surface area (Å²) in [5.41, 5.74) is 0. The summed E-state index contributed by atoms with van der Waals surface area (Å²) in [7, 11) is -3.88. The van der Waals surface area contributed by atoms with Crippen LogP contribution < -0.4 is 0 Å². The second-order valence-corrected chi connectivity index (χ2v) is 9.39. The molecule has 0 spiro atoms. The Morgan fingerprint density at radius 1 is 0.786 bits per heavy atom. The molecule has 0 bridgehead atoms. The van der Waals surface area contributed by atoms with Crippen LogP contribution in [0.25, 0.3) is 0 Å². The summed E-state index contributed by atoms with van der Waals surface area (Å²) in [6.45, 7) is 7.87. The number of nitrogens with zero attached hydrogens (tertiary/aromatic N) is 1. The van der Waals surface area contributed by atoms with Crippen molar-refractivity contribution in [2.75, 3.05) is 25.4 Å². The fourth-order valence-electron chi connectivity index (χ4n) is 3.30. The summed E-state index contributed by atoms with van der Waals surface area (Å²) in [5.74, 6) is -0.201. The van der Waals surface area contributed by atoms with Crippen molar-refractivity contribution in [2.45, 2.75) is 96.8 Å². The maximum Gasteiger partial charge on any atom is 0.266 e. The second-order valence-electron chi connectivity index (χ2n) is 7.81. The predicted molar refractivity (Wildman–Crippen MR) is 123 cm³/mol. The Morgan fingerprint density at radius 3 is 1.79 bits per heavy atom. The number of rotatable bonds is 21. The lowest BCUT2D eigenvalue weighted by molar-refractivity contribution is 0.307. The van der Waals surface area contributed by atoms with E-state index in [4.69, 9.17) is 4.55 Å². The lowest BCUT2D eigenvalue weighted by Gasteiger charge is -2.19. The van der Waals surface area contributed by atoms with Crippen LogP contribution in [-0.4, -0.2) is 43.3 Å². The molecule has 0 rings (SSSR count). The van der Waals surface area contributed by atoms with E-state index in [-0.39, 0.29) is 5.75 Å². The van der Waals surface area contributed by atoms with Gasteiger partial charge in [0.15, 0.2) is 0 Å². The summed E-state index contributed by atoms with van der Waals surface area (Å²) in [6, 6.07) is 0. The first-order valence-electron chi connectivity index (χ1n) is 11.4. The summed E-state index contributed by atoms with van der Waals surface area (Å²) in [5, 5.41) is 0. The lowest BCUT2D eigenvalue weighted by atomic mass is 10.1. The Hall–Kier alpha value is -0.650. The molecule has 0 saturated heterocycles.